The van der Waals surface area contributed by atoms with E-state index in [1.165, 1.54) is 11.3 Å². The lowest BCUT2D eigenvalue weighted by Gasteiger charge is -2.12. The maximum Gasteiger partial charge on any atom is 0.207 e. The van der Waals surface area contributed by atoms with Gasteiger partial charge >= 0.3 is 0 Å². The van der Waals surface area contributed by atoms with Crippen molar-refractivity contribution in [1.82, 2.24) is 9.55 Å². The van der Waals surface area contributed by atoms with Gasteiger partial charge in [0.15, 0.2) is 0 Å². The number of anilines is 2. The summed E-state index contributed by atoms with van der Waals surface area (Å²) in [5, 5.41) is 3.48. The monoisotopic (exact) mass is 257 g/mol. The number of imidazole rings is 1. The topological polar surface area (TPSA) is 29.9 Å². The van der Waals surface area contributed by atoms with E-state index < -0.39 is 0 Å². The van der Waals surface area contributed by atoms with Gasteiger partial charge in [-0.25, -0.2) is 4.98 Å². The third-order valence-electron chi connectivity index (χ3n) is 3.14. The Bertz CT molecular complexity index is 529. The maximum absolute atomic E-state index is 4.58. The van der Waals surface area contributed by atoms with Crippen molar-refractivity contribution in [2.45, 2.75) is 46.6 Å². The van der Waals surface area contributed by atoms with E-state index in [-0.39, 0.29) is 0 Å². The molecule has 0 radical (unpaired) electrons. The Kier molecular flexibility index (Phi) is 4.61. The minimum Gasteiger partial charge on any atom is -0.325 e. The van der Waals surface area contributed by atoms with Crippen LogP contribution in [-0.4, -0.2) is 9.55 Å². The molecule has 1 heterocycles. The molecule has 2 rings (SSSR count). The van der Waals surface area contributed by atoms with Crippen molar-refractivity contribution in [3.8, 4) is 0 Å². The molecule has 1 aromatic heterocycles. The molecule has 0 amide bonds. The van der Waals surface area contributed by atoms with Gasteiger partial charge in [0, 0.05) is 18.4 Å². The zero-order valence-corrected chi connectivity index (χ0v) is 12.1. The lowest BCUT2D eigenvalue weighted by atomic mass is 10.1. The third-order valence-corrected chi connectivity index (χ3v) is 3.14. The van der Waals surface area contributed by atoms with Crippen molar-refractivity contribution in [3.05, 3.63) is 41.7 Å². The minimum absolute atomic E-state index is 0.947. The van der Waals surface area contributed by atoms with Crippen LogP contribution in [-0.2, 0) is 13.0 Å². The summed E-state index contributed by atoms with van der Waals surface area (Å²) in [4.78, 5) is 4.58. The number of nitrogens with zero attached hydrogens (tertiary/aromatic N) is 2. The zero-order valence-electron chi connectivity index (χ0n) is 12.1. The number of hydrogen-bond donors (Lipinski definition) is 1. The van der Waals surface area contributed by atoms with E-state index in [4.69, 9.17) is 0 Å². The van der Waals surface area contributed by atoms with Gasteiger partial charge in [-0.05, 0) is 31.4 Å². The molecule has 0 bridgehead atoms. The highest BCUT2D eigenvalue weighted by Gasteiger charge is 2.07. The van der Waals surface area contributed by atoms with Gasteiger partial charge in [0.2, 0.25) is 5.95 Å². The van der Waals surface area contributed by atoms with E-state index >= 15 is 0 Å². The summed E-state index contributed by atoms with van der Waals surface area (Å²) in [6.45, 7) is 7.43. The van der Waals surface area contributed by atoms with Crippen LogP contribution in [0.2, 0.25) is 0 Å². The van der Waals surface area contributed by atoms with Crippen LogP contribution in [0.1, 0.15) is 37.9 Å². The largest absolute Gasteiger partial charge is 0.325 e. The van der Waals surface area contributed by atoms with Crippen LogP contribution in [0.4, 0.5) is 11.6 Å². The van der Waals surface area contributed by atoms with Crippen LogP contribution >= 0.6 is 0 Å². The molecule has 1 aromatic carbocycles. The van der Waals surface area contributed by atoms with E-state index in [9.17, 15) is 0 Å². The van der Waals surface area contributed by atoms with Gasteiger partial charge in [-0.1, -0.05) is 38.5 Å². The van der Waals surface area contributed by atoms with E-state index in [2.05, 4.69) is 59.2 Å². The molecule has 0 aliphatic rings. The van der Waals surface area contributed by atoms with Crippen LogP contribution in [0.25, 0.3) is 0 Å². The minimum atomic E-state index is 0.947. The number of para-hydroxylation sites is 1. The summed E-state index contributed by atoms with van der Waals surface area (Å²) in [7, 11) is 0. The highest BCUT2D eigenvalue weighted by Crippen LogP contribution is 2.22. The third kappa shape index (κ3) is 3.37. The summed E-state index contributed by atoms with van der Waals surface area (Å²) in [5.41, 5.74) is 3.59. The Balaban J connectivity index is 2.25. The highest BCUT2D eigenvalue weighted by molar-refractivity contribution is 5.59. The molecule has 0 saturated heterocycles. The molecular weight excluding hydrogens is 234 g/mol. The highest BCUT2D eigenvalue weighted by atomic mass is 15.2. The van der Waals surface area contributed by atoms with Gasteiger partial charge < -0.3 is 9.88 Å². The smallest absolute Gasteiger partial charge is 0.207 e. The van der Waals surface area contributed by atoms with E-state index in [0.717, 1.165) is 37.4 Å². The van der Waals surface area contributed by atoms with Crippen molar-refractivity contribution in [2.24, 2.45) is 0 Å². The first kappa shape index (κ1) is 13.7. The molecule has 0 spiro atoms. The molecule has 0 unspecified atom stereocenters. The molecule has 3 nitrogen and oxygen atoms in total. The van der Waals surface area contributed by atoms with E-state index in [0.29, 0.717) is 0 Å². The molecule has 0 aliphatic carbocycles. The fourth-order valence-electron chi connectivity index (χ4n) is 2.31. The number of aromatic nitrogens is 2. The Labute approximate surface area is 115 Å². The molecule has 0 saturated carbocycles. The Morgan fingerprint density at radius 2 is 1.95 bits per heavy atom. The summed E-state index contributed by atoms with van der Waals surface area (Å²) in [5.74, 6) is 0.947. The molecule has 1 N–H and O–H groups in total. The van der Waals surface area contributed by atoms with Crippen molar-refractivity contribution in [1.29, 1.82) is 0 Å². The normalized spacial score (nSPS) is 10.7. The van der Waals surface area contributed by atoms with Crippen LogP contribution in [0.3, 0.4) is 0 Å². The summed E-state index contributed by atoms with van der Waals surface area (Å²) < 4.78 is 2.19. The predicted octanol–water partition coefficient (Wildman–Crippen LogP) is 4.30. The standard InChI is InChI=1S/C16H23N3/c1-4-8-14-9-6-7-10-15(14)18-16-17-13(3)12-19(16)11-5-2/h6-7,9-10,12H,4-5,8,11H2,1-3H3,(H,17,18). The molecule has 0 aliphatic heterocycles. The van der Waals surface area contributed by atoms with Gasteiger partial charge in [0.25, 0.3) is 0 Å². The van der Waals surface area contributed by atoms with E-state index in [1.54, 1.807) is 0 Å². The Morgan fingerprint density at radius 3 is 2.68 bits per heavy atom. The zero-order chi connectivity index (χ0) is 13.7. The average molecular weight is 257 g/mol. The van der Waals surface area contributed by atoms with Crippen molar-refractivity contribution in [3.63, 3.8) is 0 Å². The summed E-state index contributed by atoms with van der Waals surface area (Å²) in [6, 6.07) is 8.48. The predicted molar refractivity (Wildman–Crippen MR) is 81.0 cm³/mol. The maximum atomic E-state index is 4.58. The van der Waals surface area contributed by atoms with Gasteiger partial charge in [0.1, 0.15) is 0 Å². The second kappa shape index (κ2) is 6.41. The quantitative estimate of drug-likeness (QED) is 0.836. The van der Waals surface area contributed by atoms with Crippen LogP contribution in [0, 0.1) is 6.92 Å². The first-order chi connectivity index (χ1) is 9.24. The average Bonchev–Trinajstić information content (AvgIpc) is 2.73. The second-order valence-electron chi connectivity index (χ2n) is 4.93. The molecule has 19 heavy (non-hydrogen) atoms. The SMILES string of the molecule is CCCc1ccccc1Nc1nc(C)cn1CCC. The Morgan fingerprint density at radius 1 is 1.16 bits per heavy atom. The fraction of sp³-hybridized carbons (Fsp3) is 0.438. The number of nitrogens with one attached hydrogen (secondary N) is 1. The van der Waals surface area contributed by atoms with Crippen molar-refractivity contribution in [2.75, 3.05) is 5.32 Å². The van der Waals surface area contributed by atoms with Crippen LogP contribution < -0.4 is 5.32 Å². The summed E-state index contributed by atoms with van der Waals surface area (Å²) >= 11 is 0. The molecular formula is C16H23N3. The summed E-state index contributed by atoms with van der Waals surface area (Å²) in [6.07, 6.45) is 5.47. The molecule has 3 heteroatoms. The number of rotatable bonds is 6. The van der Waals surface area contributed by atoms with Crippen LogP contribution in [0.5, 0.6) is 0 Å². The Hall–Kier alpha value is -1.77. The number of hydrogen-bond acceptors (Lipinski definition) is 2. The second-order valence-corrected chi connectivity index (χ2v) is 4.93. The van der Waals surface area contributed by atoms with Gasteiger partial charge in [-0.15, -0.1) is 0 Å². The van der Waals surface area contributed by atoms with Gasteiger partial charge in [0.05, 0.1) is 5.69 Å². The van der Waals surface area contributed by atoms with Crippen LogP contribution in [0.15, 0.2) is 30.5 Å². The number of benzene rings is 1. The molecule has 0 fully saturated rings. The van der Waals surface area contributed by atoms with Gasteiger partial charge in [-0.2, -0.15) is 0 Å². The van der Waals surface area contributed by atoms with Gasteiger partial charge in [-0.3, -0.25) is 0 Å². The van der Waals surface area contributed by atoms with Crippen molar-refractivity contribution >= 4 is 11.6 Å². The first-order valence-electron chi connectivity index (χ1n) is 7.13. The molecule has 2 aromatic rings. The van der Waals surface area contributed by atoms with E-state index in [1.807, 2.05) is 6.92 Å². The first-order valence-corrected chi connectivity index (χ1v) is 7.13. The molecule has 102 valence electrons. The fourth-order valence-corrected chi connectivity index (χ4v) is 2.31. The van der Waals surface area contributed by atoms with Crippen molar-refractivity contribution < 1.29 is 0 Å². The lowest BCUT2D eigenvalue weighted by Crippen LogP contribution is -2.04. The lowest BCUT2D eigenvalue weighted by molar-refractivity contribution is 0.686. The molecule has 0 atom stereocenters. The number of aryl methyl sites for hydroxylation is 3.